The van der Waals surface area contributed by atoms with Crippen molar-refractivity contribution in [1.29, 1.82) is 0 Å². The molecule has 3 nitrogen and oxygen atoms in total. The van der Waals surface area contributed by atoms with Crippen molar-refractivity contribution in [3.8, 4) is 0 Å². The van der Waals surface area contributed by atoms with Gasteiger partial charge in [0, 0.05) is 23.3 Å². The smallest absolute Gasteiger partial charge is 0.119 e. The predicted molar refractivity (Wildman–Crippen MR) is 70.1 cm³/mol. The fraction of sp³-hybridized carbons (Fsp3) is 0.231. The molecule has 88 valence electrons. The lowest BCUT2D eigenvalue weighted by Crippen LogP contribution is -2.11. The Kier molecular flexibility index (Phi) is 4.12. The summed E-state index contributed by atoms with van der Waals surface area (Å²) in [4.78, 5) is 9.46. The van der Waals surface area contributed by atoms with Crippen LogP contribution in [0, 0.1) is 0 Å². The van der Waals surface area contributed by atoms with E-state index in [-0.39, 0.29) is 0 Å². The maximum Gasteiger partial charge on any atom is 0.119 e. The first-order valence-corrected chi connectivity index (χ1v) is 6.32. The number of benzene rings is 1. The Morgan fingerprint density at radius 2 is 1.94 bits per heavy atom. The molecule has 0 aliphatic heterocycles. The second-order valence-electron chi connectivity index (χ2n) is 3.73. The summed E-state index contributed by atoms with van der Waals surface area (Å²) >= 11 is 1.62. The van der Waals surface area contributed by atoms with Gasteiger partial charge in [0.15, 0.2) is 0 Å². The van der Waals surface area contributed by atoms with Gasteiger partial charge in [0.1, 0.15) is 5.03 Å². The number of aromatic nitrogens is 2. The maximum absolute atomic E-state index is 4.24. The van der Waals surface area contributed by atoms with Gasteiger partial charge in [0.05, 0.1) is 6.20 Å². The van der Waals surface area contributed by atoms with Gasteiger partial charge in [0.2, 0.25) is 0 Å². The van der Waals surface area contributed by atoms with Crippen LogP contribution < -0.4 is 5.32 Å². The standard InChI is InChI=1S/C13H15N3S/c1-10(14-2)11-3-5-12(6-4-11)17-13-9-15-7-8-16-13/h3-10,14H,1-2H3. The van der Waals surface area contributed by atoms with E-state index in [1.165, 1.54) is 10.5 Å². The molecule has 0 aliphatic rings. The molecule has 0 aliphatic carbocycles. The molecule has 1 aromatic carbocycles. The van der Waals surface area contributed by atoms with Crippen molar-refractivity contribution in [1.82, 2.24) is 15.3 Å². The molecule has 0 radical (unpaired) electrons. The summed E-state index contributed by atoms with van der Waals surface area (Å²) in [5.74, 6) is 0. The van der Waals surface area contributed by atoms with E-state index < -0.39 is 0 Å². The Morgan fingerprint density at radius 3 is 2.53 bits per heavy atom. The van der Waals surface area contributed by atoms with Crippen LogP contribution in [0.25, 0.3) is 0 Å². The van der Waals surface area contributed by atoms with Crippen LogP contribution in [0.15, 0.2) is 52.8 Å². The molecular weight excluding hydrogens is 230 g/mol. The third-order valence-electron chi connectivity index (χ3n) is 2.58. The molecule has 17 heavy (non-hydrogen) atoms. The molecule has 0 fully saturated rings. The Balaban J connectivity index is 2.08. The minimum absolute atomic E-state index is 0.380. The second kappa shape index (κ2) is 5.80. The van der Waals surface area contributed by atoms with Crippen molar-refractivity contribution < 1.29 is 0 Å². The van der Waals surface area contributed by atoms with E-state index in [4.69, 9.17) is 0 Å². The van der Waals surface area contributed by atoms with E-state index in [2.05, 4.69) is 46.5 Å². The number of nitrogens with zero attached hydrogens (tertiary/aromatic N) is 2. The highest BCUT2D eigenvalue weighted by Crippen LogP contribution is 2.26. The summed E-state index contributed by atoms with van der Waals surface area (Å²) in [5, 5.41) is 4.14. The van der Waals surface area contributed by atoms with Crippen molar-refractivity contribution in [3.05, 3.63) is 48.4 Å². The zero-order valence-electron chi connectivity index (χ0n) is 9.92. The lowest BCUT2D eigenvalue weighted by atomic mass is 10.1. The SMILES string of the molecule is CNC(C)c1ccc(Sc2cnccn2)cc1. The Hall–Kier alpha value is -1.39. The summed E-state index contributed by atoms with van der Waals surface area (Å²) in [7, 11) is 1.97. The minimum atomic E-state index is 0.380. The summed E-state index contributed by atoms with van der Waals surface area (Å²) in [6, 6.07) is 8.88. The van der Waals surface area contributed by atoms with E-state index in [1.54, 1.807) is 30.4 Å². The average Bonchev–Trinajstić information content (AvgIpc) is 2.40. The van der Waals surface area contributed by atoms with E-state index in [9.17, 15) is 0 Å². The highest BCUT2D eigenvalue weighted by molar-refractivity contribution is 7.99. The first-order valence-electron chi connectivity index (χ1n) is 5.50. The lowest BCUT2D eigenvalue weighted by Gasteiger charge is -2.10. The molecule has 0 saturated heterocycles. The summed E-state index contributed by atoms with van der Waals surface area (Å²) in [5.41, 5.74) is 1.29. The van der Waals surface area contributed by atoms with E-state index in [1.807, 2.05) is 7.05 Å². The molecule has 1 heterocycles. The van der Waals surface area contributed by atoms with E-state index in [0.29, 0.717) is 6.04 Å². The van der Waals surface area contributed by atoms with Gasteiger partial charge in [-0.05, 0) is 31.7 Å². The largest absolute Gasteiger partial charge is 0.313 e. The molecule has 2 aromatic rings. The number of rotatable bonds is 4. The predicted octanol–water partition coefficient (Wildman–Crippen LogP) is 2.91. The fourth-order valence-corrected chi connectivity index (χ4v) is 2.19. The topological polar surface area (TPSA) is 37.8 Å². The van der Waals surface area contributed by atoms with Crippen LogP contribution in [0.2, 0.25) is 0 Å². The maximum atomic E-state index is 4.24. The first kappa shape index (κ1) is 12.1. The Morgan fingerprint density at radius 1 is 1.18 bits per heavy atom. The summed E-state index contributed by atoms with van der Waals surface area (Å²) < 4.78 is 0. The average molecular weight is 245 g/mol. The molecule has 4 heteroatoms. The van der Waals surface area contributed by atoms with Gasteiger partial charge in [-0.1, -0.05) is 23.9 Å². The molecule has 1 N–H and O–H groups in total. The number of hydrogen-bond donors (Lipinski definition) is 1. The van der Waals surface area contributed by atoms with Gasteiger partial charge in [0.25, 0.3) is 0 Å². The van der Waals surface area contributed by atoms with Crippen LogP contribution in [-0.2, 0) is 0 Å². The van der Waals surface area contributed by atoms with Crippen molar-refractivity contribution in [2.75, 3.05) is 7.05 Å². The van der Waals surface area contributed by atoms with Crippen LogP contribution in [0.5, 0.6) is 0 Å². The summed E-state index contributed by atoms with van der Waals surface area (Å²) in [6.07, 6.45) is 5.16. The molecule has 0 spiro atoms. The van der Waals surface area contributed by atoms with E-state index in [0.717, 1.165) is 5.03 Å². The van der Waals surface area contributed by atoms with E-state index >= 15 is 0 Å². The van der Waals surface area contributed by atoms with Crippen molar-refractivity contribution in [2.24, 2.45) is 0 Å². The van der Waals surface area contributed by atoms with Crippen molar-refractivity contribution >= 4 is 11.8 Å². The third-order valence-corrected chi connectivity index (χ3v) is 3.50. The normalized spacial score (nSPS) is 12.4. The highest BCUT2D eigenvalue weighted by atomic mass is 32.2. The number of hydrogen-bond acceptors (Lipinski definition) is 4. The van der Waals surface area contributed by atoms with Gasteiger partial charge in [-0.25, -0.2) is 4.98 Å². The lowest BCUT2D eigenvalue weighted by molar-refractivity contribution is 0.652. The highest BCUT2D eigenvalue weighted by Gasteiger charge is 2.03. The van der Waals surface area contributed by atoms with Gasteiger partial charge in [-0.3, -0.25) is 4.98 Å². The monoisotopic (exact) mass is 245 g/mol. The van der Waals surface area contributed by atoms with Crippen LogP contribution in [-0.4, -0.2) is 17.0 Å². The Labute approximate surface area is 106 Å². The van der Waals surface area contributed by atoms with Crippen molar-refractivity contribution in [2.45, 2.75) is 22.9 Å². The quantitative estimate of drug-likeness (QED) is 0.898. The molecule has 0 amide bonds. The van der Waals surface area contributed by atoms with Crippen LogP contribution in [0.4, 0.5) is 0 Å². The van der Waals surface area contributed by atoms with Crippen molar-refractivity contribution in [3.63, 3.8) is 0 Å². The molecule has 0 saturated carbocycles. The molecule has 2 rings (SSSR count). The van der Waals surface area contributed by atoms with Gasteiger partial charge < -0.3 is 5.32 Å². The van der Waals surface area contributed by atoms with Gasteiger partial charge in [-0.2, -0.15) is 0 Å². The van der Waals surface area contributed by atoms with Crippen LogP contribution >= 0.6 is 11.8 Å². The zero-order chi connectivity index (χ0) is 12.1. The van der Waals surface area contributed by atoms with Gasteiger partial charge >= 0.3 is 0 Å². The number of nitrogens with one attached hydrogen (secondary N) is 1. The summed E-state index contributed by atoms with van der Waals surface area (Å²) in [6.45, 7) is 2.14. The fourth-order valence-electron chi connectivity index (χ4n) is 1.45. The minimum Gasteiger partial charge on any atom is -0.313 e. The molecule has 0 bridgehead atoms. The van der Waals surface area contributed by atoms with Crippen LogP contribution in [0.1, 0.15) is 18.5 Å². The molecule has 1 unspecified atom stereocenters. The van der Waals surface area contributed by atoms with Crippen LogP contribution in [0.3, 0.4) is 0 Å². The zero-order valence-corrected chi connectivity index (χ0v) is 10.7. The second-order valence-corrected chi connectivity index (χ2v) is 4.82. The van der Waals surface area contributed by atoms with Gasteiger partial charge in [-0.15, -0.1) is 0 Å². The third kappa shape index (κ3) is 3.28. The first-order chi connectivity index (χ1) is 8.29. The Bertz CT molecular complexity index is 456. The molecular formula is C13H15N3S. The molecule has 1 atom stereocenters. The molecule has 1 aromatic heterocycles.